The van der Waals surface area contributed by atoms with Crippen LogP contribution in [0.2, 0.25) is 0 Å². The molecule has 0 aliphatic carbocycles. The molecule has 120 valence electrons. The average molecular weight is 305 g/mol. The minimum Gasteiger partial charge on any atom is -0.372 e. The second-order valence-corrected chi connectivity index (χ2v) is 5.37. The Hall–Kier alpha value is -1.95. The highest BCUT2D eigenvalue weighted by Gasteiger charge is 2.29. The van der Waals surface area contributed by atoms with Gasteiger partial charge in [0, 0.05) is 26.3 Å². The summed E-state index contributed by atoms with van der Waals surface area (Å²) >= 11 is 0. The van der Waals surface area contributed by atoms with Crippen LogP contribution in [0.4, 0.5) is 0 Å². The molecule has 1 aliphatic heterocycles. The van der Waals surface area contributed by atoms with Crippen LogP contribution in [0.5, 0.6) is 0 Å². The number of ether oxygens (including phenoxy) is 1. The van der Waals surface area contributed by atoms with Crippen LogP contribution in [0.1, 0.15) is 44.0 Å². The molecule has 6 heteroatoms. The lowest BCUT2D eigenvalue weighted by molar-refractivity contribution is -0.137. The standard InChI is InChI=1S/C16H23N3O3/c1-3-22-11-16(21)19-8-4-5-15(19)13-6-7-17-14(9-13)10-18-12(2)20/h6-7,9,15H,3-5,8,10-11H2,1-2H3,(H,18,20)/t15-/m1/s1. The van der Waals surface area contributed by atoms with Crippen molar-refractivity contribution in [3.05, 3.63) is 29.6 Å². The number of amides is 2. The van der Waals surface area contributed by atoms with Gasteiger partial charge in [0.15, 0.2) is 0 Å². The molecule has 0 saturated carbocycles. The van der Waals surface area contributed by atoms with Gasteiger partial charge >= 0.3 is 0 Å². The fourth-order valence-corrected chi connectivity index (χ4v) is 2.70. The molecular formula is C16H23N3O3. The van der Waals surface area contributed by atoms with E-state index in [4.69, 9.17) is 4.74 Å². The van der Waals surface area contributed by atoms with Gasteiger partial charge in [-0.15, -0.1) is 0 Å². The third kappa shape index (κ3) is 4.27. The number of aromatic nitrogens is 1. The number of nitrogens with one attached hydrogen (secondary N) is 1. The highest BCUT2D eigenvalue weighted by Crippen LogP contribution is 2.32. The summed E-state index contributed by atoms with van der Waals surface area (Å²) in [5, 5.41) is 2.74. The predicted molar refractivity (Wildman–Crippen MR) is 81.9 cm³/mol. The molecule has 0 aromatic carbocycles. The van der Waals surface area contributed by atoms with E-state index < -0.39 is 0 Å². The maximum Gasteiger partial charge on any atom is 0.249 e. The number of pyridine rings is 1. The van der Waals surface area contributed by atoms with Gasteiger partial charge in [-0.2, -0.15) is 0 Å². The number of carbonyl (C=O) groups excluding carboxylic acids is 2. The smallest absolute Gasteiger partial charge is 0.249 e. The Morgan fingerprint density at radius 1 is 1.50 bits per heavy atom. The van der Waals surface area contributed by atoms with E-state index in [0.29, 0.717) is 13.2 Å². The Kier molecular flexibility index (Phi) is 5.89. The Labute approximate surface area is 130 Å². The highest BCUT2D eigenvalue weighted by molar-refractivity contribution is 5.78. The van der Waals surface area contributed by atoms with Gasteiger partial charge in [0.2, 0.25) is 11.8 Å². The van der Waals surface area contributed by atoms with E-state index >= 15 is 0 Å². The Morgan fingerprint density at radius 3 is 3.05 bits per heavy atom. The average Bonchev–Trinajstić information content (AvgIpc) is 3.00. The van der Waals surface area contributed by atoms with E-state index in [1.165, 1.54) is 6.92 Å². The van der Waals surface area contributed by atoms with Crippen LogP contribution in [0, 0.1) is 0 Å². The number of carbonyl (C=O) groups is 2. The monoisotopic (exact) mass is 305 g/mol. The van der Waals surface area contributed by atoms with E-state index in [1.807, 2.05) is 24.0 Å². The summed E-state index contributed by atoms with van der Waals surface area (Å²) in [5.74, 6) is -0.0499. The zero-order valence-electron chi connectivity index (χ0n) is 13.2. The van der Waals surface area contributed by atoms with Crippen LogP contribution in [-0.2, 0) is 20.9 Å². The van der Waals surface area contributed by atoms with Crippen LogP contribution in [0.3, 0.4) is 0 Å². The van der Waals surface area contributed by atoms with E-state index in [-0.39, 0.29) is 24.5 Å². The molecule has 2 heterocycles. The SMILES string of the molecule is CCOCC(=O)N1CCC[C@@H]1c1ccnc(CNC(C)=O)c1. The highest BCUT2D eigenvalue weighted by atomic mass is 16.5. The fourth-order valence-electron chi connectivity index (χ4n) is 2.70. The second kappa shape index (κ2) is 7.89. The number of hydrogen-bond acceptors (Lipinski definition) is 4. The van der Waals surface area contributed by atoms with Crippen LogP contribution in [-0.4, -0.2) is 41.5 Å². The van der Waals surface area contributed by atoms with Crippen molar-refractivity contribution in [3.63, 3.8) is 0 Å². The van der Waals surface area contributed by atoms with Gasteiger partial charge in [-0.1, -0.05) is 0 Å². The Balaban J connectivity index is 2.07. The van der Waals surface area contributed by atoms with Gasteiger partial charge in [-0.3, -0.25) is 14.6 Å². The Morgan fingerprint density at radius 2 is 2.32 bits per heavy atom. The van der Waals surface area contributed by atoms with Crippen molar-refractivity contribution in [3.8, 4) is 0 Å². The molecule has 0 unspecified atom stereocenters. The molecule has 0 radical (unpaired) electrons. The van der Waals surface area contributed by atoms with Gasteiger partial charge in [0.25, 0.3) is 0 Å². The first-order valence-electron chi connectivity index (χ1n) is 7.68. The van der Waals surface area contributed by atoms with Crippen LogP contribution in [0.25, 0.3) is 0 Å². The lowest BCUT2D eigenvalue weighted by Gasteiger charge is -2.25. The summed E-state index contributed by atoms with van der Waals surface area (Å²) in [4.78, 5) is 29.4. The van der Waals surface area contributed by atoms with E-state index in [0.717, 1.165) is 30.6 Å². The molecule has 1 fully saturated rings. The third-order valence-corrected chi connectivity index (χ3v) is 3.75. The van der Waals surface area contributed by atoms with Crippen molar-refractivity contribution in [1.82, 2.24) is 15.2 Å². The summed E-state index contributed by atoms with van der Waals surface area (Å²) in [6.45, 7) is 5.21. The molecule has 1 atom stereocenters. The fraction of sp³-hybridized carbons (Fsp3) is 0.562. The third-order valence-electron chi connectivity index (χ3n) is 3.75. The lowest BCUT2D eigenvalue weighted by Crippen LogP contribution is -2.33. The molecule has 1 N–H and O–H groups in total. The molecule has 2 rings (SSSR count). The number of hydrogen-bond donors (Lipinski definition) is 1. The van der Waals surface area contributed by atoms with Crippen molar-refractivity contribution < 1.29 is 14.3 Å². The molecule has 1 aromatic heterocycles. The van der Waals surface area contributed by atoms with E-state index in [2.05, 4.69) is 10.3 Å². The summed E-state index contributed by atoms with van der Waals surface area (Å²) in [6.07, 6.45) is 3.67. The second-order valence-electron chi connectivity index (χ2n) is 5.37. The van der Waals surface area contributed by atoms with Gasteiger partial charge in [-0.05, 0) is 37.5 Å². The molecule has 2 amide bonds. The maximum atomic E-state index is 12.2. The number of nitrogens with zero attached hydrogens (tertiary/aromatic N) is 2. The molecule has 1 saturated heterocycles. The van der Waals surface area contributed by atoms with Crippen molar-refractivity contribution >= 4 is 11.8 Å². The minimum atomic E-state index is -0.0819. The van der Waals surface area contributed by atoms with Gasteiger partial charge in [0.05, 0.1) is 18.3 Å². The lowest BCUT2D eigenvalue weighted by atomic mass is 10.0. The maximum absolute atomic E-state index is 12.2. The van der Waals surface area contributed by atoms with Gasteiger partial charge in [0.1, 0.15) is 6.61 Å². The minimum absolute atomic E-state index is 0.0320. The van der Waals surface area contributed by atoms with Crippen molar-refractivity contribution in [2.45, 2.75) is 39.3 Å². The largest absolute Gasteiger partial charge is 0.372 e. The van der Waals surface area contributed by atoms with Gasteiger partial charge < -0.3 is 15.0 Å². The number of likely N-dealkylation sites (tertiary alicyclic amines) is 1. The van der Waals surface area contributed by atoms with Crippen LogP contribution in [0.15, 0.2) is 18.3 Å². The molecular weight excluding hydrogens is 282 g/mol. The van der Waals surface area contributed by atoms with Gasteiger partial charge in [-0.25, -0.2) is 0 Å². The van der Waals surface area contributed by atoms with Crippen LogP contribution >= 0.6 is 0 Å². The molecule has 6 nitrogen and oxygen atoms in total. The topological polar surface area (TPSA) is 71.5 Å². The normalized spacial score (nSPS) is 17.5. The zero-order chi connectivity index (χ0) is 15.9. The molecule has 1 aliphatic rings. The van der Waals surface area contributed by atoms with Crippen LogP contribution < -0.4 is 5.32 Å². The van der Waals surface area contributed by atoms with Crippen molar-refractivity contribution in [1.29, 1.82) is 0 Å². The zero-order valence-corrected chi connectivity index (χ0v) is 13.2. The van der Waals surface area contributed by atoms with Crippen molar-refractivity contribution in [2.75, 3.05) is 19.8 Å². The molecule has 22 heavy (non-hydrogen) atoms. The summed E-state index contributed by atoms with van der Waals surface area (Å²) < 4.78 is 5.23. The number of rotatable bonds is 6. The first-order chi connectivity index (χ1) is 10.6. The quantitative estimate of drug-likeness (QED) is 0.863. The predicted octanol–water partition coefficient (Wildman–Crippen LogP) is 1.42. The Bertz CT molecular complexity index is 533. The van der Waals surface area contributed by atoms with E-state index in [1.54, 1.807) is 6.20 Å². The summed E-state index contributed by atoms with van der Waals surface area (Å²) in [7, 11) is 0. The van der Waals surface area contributed by atoms with Crippen molar-refractivity contribution in [2.24, 2.45) is 0 Å². The summed E-state index contributed by atoms with van der Waals surface area (Å²) in [6, 6.07) is 3.98. The first kappa shape index (κ1) is 16.4. The molecule has 0 bridgehead atoms. The summed E-state index contributed by atoms with van der Waals surface area (Å²) in [5.41, 5.74) is 1.87. The van der Waals surface area contributed by atoms with E-state index in [9.17, 15) is 9.59 Å². The molecule has 1 aromatic rings. The molecule has 0 spiro atoms. The first-order valence-corrected chi connectivity index (χ1v) is 7.68.